The third-order valence-electron chi connectivity index (χ3n) is 5.19. The van der Waals surface area contributed by atoms with Gasteiger partial charge in [0.1, 0.15) is 11.9 Å². The molecule has 0 aromatic heterocycles. The average Bonchev–Trinajstić information content (AvgIpc) is 2.70. The van der Waals surface area contributed by atoms with Crippen LogP contribution in [-0.4, -0.2) is 73.1 Å². The number of carbonyl (C=O) groups excluding carboxylic acids is 3. The van der Waals surface area contributed by atoms with Crippen LogP contribution in [0.3, 0.4) is 0 Å². The van der Waals surface area contributed by atoms with Crippen molar-refractivity contribution in [1.82, 2.24) is 20.4 Å². The second-order valence-electron chi connectivity index (χ2n) is 9.15. The number of hydrogen-bond donors (Lipinski definition) is 3. The molecule has 5 amide bonds. The highest BCUT2D eigenvalue weighted by molar-refractivity contribution is 5.90. The minimum atomic E-state index is -0.312. The van der Waals surface area contributed by atoms with E-state index >= 15 is 0 Å². The molecule has 9 nitrogen and oxygen atoms in total. The zero-order chi connectivity index (χ0) is 24.0. The van der Waals surface area contributed by atoms with E-state index in [4.69, 9.17) is 4.74 Å². The Labute approximate surface area is 190 Å². The fourth-order valence-electron chi connectivity index (χ4n) is 3.50. The van der Waals surface area contributed by atoms with Crippen LogP contribution in [0.4, 0.5) is 15.3 Å². The van der Waals surface area contributed by atoms with Crippen molar-refractivity contribution in [1.29, 1.82) is 0 Å². The molecule has 0 aliphatic carbocycles. The molecule has 1 aliphatic heterocycles. The monoisotopic (exact) mass is 447 g/mol. The SMILES string of the molecule is CC(C)NC(=O)Nc1ccc2c(c1)CC(=O)N(C)C[C@H](C)[C@H](CN(C)C(=O)NC(C)C)O2. The van der Waals surface area contributed by atoms with Crippen molar-refractivity contribution < 1.29 is 19.1 Å². The Bertz CT molecular complexity index is 827. The zero-order valence-electron chi connectivity index (χ0n) is 20.2. The number of nitrogens with zero attached hydrogens (tertiary/aromatic N) is 2. The summed E-state index contributed by atoms with van der Waals surface area (Å²) < 4.78 is 6.35. The highest BCUT2D eigenvalue weighted by Crippen LogP contribution is 2.28. The number of amides is 5. The molecule has 0 spiro atoms. The molecule has 0 bridgehead atoms. The molecule has 32 heavy (non-hydrogen) atoms. The molecule has 0 radical (unpaired) electrons. The van der Waals surface area contributed by atoms with Crippen molar-refractivity contribution in [2.45, 2.75) is 59.2 Å². The minimum Gasteiger partial charge on any atom is -0.488 e. The number of likely N-dealkylation sites (N-methyl/N-ethyl adjacent to an activating group) is 2. The third kappa shape index (κ3) is 7.32. The minimum absolute atomic E-state index is 0.00109. The van der Waals surface area contributed by atoms with Gasteiger partial charge >= 0.3 is 12.1 Å². The Morgan fingerprint density at radius 3 is 2.47 bits per heavy atom. The van der Waals surface area contributed by atoms with Gasteiger partial charge in [-0.25, -0.2) is 9.59 Å². The number of benzene rings is 1. The molecule has 3 N–H and O–H groups in total. The first-order valence-corrected chi connectivity index (χ1v) is 11.1. The smallest absolute Gasteiger partial charge is 0.319 e. The molecule has 0 saturated heterocycles. The van der Waals surface area contributed by atoms with E-state index in [0.717, 1.165) is 0 Å². The van der Waals surface area contributed by atoms with Crippen molar-refractivity contribution in [3.63, 3.8) is 0 Å². The van der Waals surface area contributed by atoms with Crippen molar-refractivity contribution >= 4 is 23.7 Å². The average molecular weight is 448 g/mol. The molecular formula is C23H37N5O4. The number of hydrogen-bond acceptors (Lipinski definition) is 4. The summed E-state index contributed by atoms with van der Waals surface area (Å²) in [7, 11) is 3.50. The molecule has 1 aromatic rings. The van der Waals surface area contributed by atoms with Gasteiger partial charge in [-0.2, -0.15) is 0 Å². The van der Waals surface area contributed by atoms with Crippen molar-refractivity contribution in [3.8, 4) is 5.75 Å². The van der Waals surface area contributed by atoms with Gasteiger partial charge in [-0.05, 0) is 45.9 Å². The van der Waals surface area contributed by atoms with E-state index < -0.39 is 0 Å². The topological polar surface area (TPSA) is 103 Å². The second-order valence-corrected chi connectivity index (χ2v) is 9.15. The summed E-state index contributed by atoms with van der Waals surface area (Å²) in [5, 5.41) is 8.45. The lowest BCUT2D eigenvalue weighted by molar-refractivity contribution is -0.129. The quantitative estimate of drug-likeness (QED) is 0.646. The number of fused-ring (bicyclic) bond motifs is 1. The van der Waals surface area contributed by atoms with Crippen LogP contribution < -0.4 is 20.7 Å². The lowest BCUT2D eigenvalue weighted by Crippen LogP contribution is -2.48. The molecule has 1 aliphatic rings. The number of urea groups is 2. The molecule has 0 fully saturated rings. The molecule has 2 atom stereocenters. The maximum atomic E-state index is 12.8. The van der Waals surface area contributed by atoms with Gasteiger partial charge in [0.25, 0.3) is 0 Å². The number of ether oxygens (including phenoxy) is 1. The van der Waals surface area contributed by atoms with Gasteiger partial charge in [-0.3, -0.25) is 4.79 Å². The van der Waals surface area contributed by atoms with E-state index in [1.807, 2.05) is 34.6 Å². The zero-order valence-corrected chi connectivity index (χ0v) is 20.2. The van der Waals surface area contributed by atoms with Crippen molar-refractivity contribution in [3.05, 3.63) is 23.8 Å². The summed E-state index contributed by atoms with van der Waals surface area (Å²) in [4.78, 5) is 40.5. The predicted octanol–water partition coefficient (Wildman–Crippen LogP) is 2.66. The van der Waals surface area contributed by atoms with Crippen LogP contribution in [-0.2, 0) is 11.2 Å². The Kier molecular flexibility index (Phi) is 8.74. The van der Waals surface area contributed by atoms with E-state index in [1.54, 1.807) is 42.1 Å². The van der Waals surface area contributed by atoms with Crippen LogP contribution in [0.15, 0.2) is 18.2 Å². The Morgan fingerprint density at radius 1 is 1.19 bits per heavy atom. The fourth-order valence-corrected chi connectivity index (χ4v) is 3.50. The van der Waals surface area contributed by atoms with Gasteiger partial charge < -0.3 is 30.5 Å². The lowest BCUT2D eigenvalue weighted by atomic mass is 10.0. The summed E-state index contributed by atoms with van der Waals surface area (Å²) in [6.45, 7) is 10.5. The third-order valence-corrected chi connectivity index (χ3v) is 5.19. The Morgan fingerprint density at radius 2 is 1.84 bits per heavy atom. The summed E-state index contributed by atoms with van der Waals surface area (Å²) in [6.07, 6.45) is -0.149. The number of rotatable bonds is 5. The van der Waals surface area contributed by atoms with E-state index in [9.17, 15) is 14.4 Å². The Balaban J connectivity index is 2.27. The number of anilines is 1. The van der Waals surface area contributed by atoms with Crippen molar-refractivity contribution in [2.75, 3.05) is 32.5 Å². The van der Waals surface area contributed by atoms with Gasteiger partial charge in [0, 0.05) is 49.9 Å². The lowest BCUT2D eigenvalue weighted by Gasteiger charge is -2.31. The summed E-state index contributed by atoms with van der Waals surface area (Å²) >= 11 is 0. The number of carbonyl (C=O) groups is 3. The normalized spacial score (nSPS) is 18.8. The highest BCUT2D eigenvalue weighted by atomic mass is 16.5. The molecule has 1 heterocycles. The van der Waals surface area contributed by atoms with Crippen LogP contribution in [0, 0.1) is 5.92 Å². The van der Waals surface area contributed by atoms with Crippen LogP contribution >= 0.6 is 0 Å². The molecule has 9 heteroatoms. The molecule has 0 saturated carbocycles. The first-order valence-electron chi connectivity index (χ1n) is 11.1. The highest BCUT2D eigenvalue weighted by Gasteiger charge is 2.29. The van der Waals surface area contributed by atoms with Crippen LogP contribution in [0.5, 0.6) is 5.75 Å². The number of nitrogens with one attached hydrogen (secondary N) is 3. The summed E-state index contributed by atoms with van der Waals surface area (Å²) in [5.41, 5.74) is 1.27. The van der Waals surface area contributed by atoms with Gasteiger partial charge in [-0.15, -0.1) is 0 Å². The summed E-state index contributed by atoms with van der Waals surface area (Å²) in [5.74, 6) is 0.550. The molecular weight excluding hydrogens is 410 g/mol. The van der Waals surface area contributed by atoms with Crippen LogP contribution in [0.1, 0.15) is 40.2 Å². The van der Waals surface area contributed by atoms with Crippen molar-refractivity contribution in [2.24, 2.45) is 5.92 Å². The van der Waals surface area contributed by atoms with E-state index in [1.165, 1.54) is 0 Å². The van der Waals surface area contributed by atoms with Crippen LogP contribution in [0.25, 0.3) is 0 Å². The van der Waals surface area contributed by atoms with Gasteiger partial charge in [0.2, 0.25) is 5.91 Å². The second kappa shape index (κ2) is 11.1. The molecule has 1 aromatic carbocycles. The van der Waals surface area contributed by atoms with E-state index in [2.05, 4.69) is 16.0 Å². The predicted molar refractivity (Wildman–Crippen MR) is 125 cm³/mol. The first-order chi connectivity index (χ1) is 15.0. The van der Waals surface area contributed by atoms with Gasteiger partial charge in [0.15, 0.2) is 0 Å². The first kappa shape index (κ1) is 25.3. The van der Waals surface area contributed by atoms with E-state index in [0.29, 0.717) is 30.1 Å². The Hall–Kier alpha value is -2.97. The largest absolute Gasteiger partial charge is 0.488 e. The molecule has 2 rings (SSSR count). The van der Waals surface area contributed by atoms with Gasteiger partial charge in [0.05, 0.1) is 13.0 Å². The summed E-state index contributed by atoms with van der Waals surface area (Å²) in [6, 6.07) is 4.85. The molecule has 178 valence electrons. The molecule has 0 unspecified atom stereocenters. The standard InChI is InChI=1S/C23H37N5O4/c1-14(2)24-22(30)26-18-8-9-19-17(10-18)11-21(29)27(6)12-16(5)20(32-19)13-28(7)23(31)25-15(3)4/h8-10,14-16,20H,11-13H2,1-7H3,(H,25,31)(H2,24,26,30)/t16-,20-/m0/s1. The maximum absolute atomic E-state index is 12.8. The van der Waals surface area contributed by atoms with Crippen LogP contribution in [0.2, 0.25) is 0 Å². The van der Waals surface area contributed by atoms with Gasteiger partial charge in [-0.1, -0.05) is 6.92 Å². The maximum Gasteiger partial charge on any atom is 0.319 e. The van der Waals surface area contributed by atoms with E-state index in [-0.39, 0.29) is 48.5 Å². The fraction of sp³-hybridized carbons (Fsp3) is 0.609.